The fourth-order valence-electron chi connectivity index (χ4n) is 6.33. The highest BCUT2D eigenvalue weighted by atomic mass is 35.5. The molecule has 6 heteroatoms. The van der Waals surface area contributed by atoms with Gasteiger partial charge in [0.2, 0.25) is 0 Å². The number of carbonyl (C=O) groups is 2. The lowest BCUT2D eigenvalue weighted by Gasteiger charge is -2.36. The number of allylic oxidation sites excluding steroid dienone is 1. The SMILES string of the molecule is CCN(C(=O)COC(=O)c1c2c(nc3ccccc13)C(=Cc1ccc(Cl)cc1)CC(C(C)(C)C)C2)c1cccc2ccccc12. The maximum Gasteiger partial charge on any atom is 0.339 e. The number of hydrogen-bond acceptors (Lipinski definition) is 4. The molecule has 45 heavy (non-hydrogen) atoms. The molecule has 0 saturated heterocycles. The number of hydrogen-bond donors (Lipinski definition) is 0. The van der Waals surface area contributed by atoms with Gasteiger partial charge in [-0.1, -0.05) is 99.1 Å². The third-order valence-corrected chi connectivity index (χ3v) is 9.11. The summed E-state index contributed by atoms with van der Waals surface area (Å²) in [7, 11) is 0. The van der Waals surface area contributed by atoms with E-state index >= 15 is 0 Å². The van der Waals surface area contributed by atoms with E-state index in [1.165, 1.54) is 0 Å². The molecule has 228 valence electrons. The molecule has 1 aliphatic carbocycles. The lowest BCUT2D eigenvalue weighted by molar-refractivity contribution is -0.121. The van der Waals surface area contributed by atoms with E-state index in [0.717, 1.165) is 56.2 Å². The van der Waals surface area contributed by atoms with Gasteiger partial charge in [-0.15, -0.1) is 0 Å². The molecule has 1 unspecified atom stereocenters. The first-order chi connectivity index (χ1) is 21.6. The summed E-state index contributed by atoms with van der Waals surface area (Å²) in [5.74, 6) is -0.514. The molecule has 4 aromatic carbocycles. The highest BCUT2D eigenvalue weighted by Gasteiger charge is 2.35. The third-order valence-electron chi connectivity index (χ3n) is 8.86. The number of halogens is 1. The van der Waals surface area contributed by atoms with Gasteiger partial charge >= 0.3 is 5.97 Å². The van der Waals surface area contributed by atoms with Crippen molar-refractivity contribution in [3.05, 3.63) is 118 Å². The summed E-state index contributed by atoms with van der Waals surface area (Å²) in [5, 5.41) is 3.43. The summed E-state index contributed by atoms with van der Waals surface area (Å²) in [6, 6.07) is 29.3. The second-order valence-electron chi connectivity index (χ2n) is 12.7. The standard InChI is InChI=1S/C39H37ClN2O3/c1-5-42(34-16-10-12-26-11-6-7-13-30(26)34)35(43)24-45-38(44)36-31-14-8-9-15-33(31)41-37-27(21-25-17-19-29(40)20-18-25)22-28(23-32(36)37)39(2,3)4/h6-21,28H,5,22-24H2,1-4H3. The van der Waals surface area contributed by atoms with Crippen LogP contribution in [0, 0.1) is 11.3 Å². The molecule has 1 aliphatic rings. The van der Waals surface area contributed by atoms with Gasteiger partial charge in [-0.3, -0.25) is 4.79 Å². The number of fused-ring (bicyclic) bond motifs is 3. The van der Waals surface area contributed by atoms with Crippen molar-refractivity contribution in [2.75, 3.05) is 18.1 Å². The normalized spacial score (nSPS) is 15.7. The number of anilines is 1. The second-order valence-corrected chi connectivity index (χ2v) is 13.2. The molecule has 1 aromatic heterocycles. The van der Waals surface area contributed by atoms with E-state index in [-0.39, 0.29) is 23.8 Å². The first kappa shape index (κ1) is 30.5. The van der Waals surface area contributed by atoms with Crippen LogP contribution in [0.1, 0.15) is 61.3 Å². The number of likely N-dealkylation sites (N-methyl/N-ethyl adjacent to an activating group) is 1. The summed E-state index contributed by atoms with van der Waals surface area (Å²) in [5.41, 5.74) is 5.78. The van der Waals surface area contributed by atoms with Crippen LogP contribution in [-0.2, 0) is 16.0 Å². The zero-order valence-corrected chi connectivity index (χ0v) is 26.9. The van der Waals surface area contributed by atoms with E-state index in [4.69, 9.17) is 21.3 Å². The van der Waals surface area contributed by atoms with E-state index in [1.54, 1.807) is 4.90 Å². The fourth-order valence-corrected chi connectivity index (χ4v) is 6.46. The number of pyridine rings is 1. The van der Waals surface area contributed by atoms with Gasteiger partial charge in [0.1, 0.15) is 0 Å². The number of ether oxygens (including phenoxy) is 1. The molecule has 0 radical (unpaired) electrons. The summed E-state index contributed by atoms with van der Waals surface area (Å²) in [6.45, 7) is 8.72. The smallest absolute Gasteiger partial charge is 0.339 e. The number of amides is 1. The molecule has 1 amide bonds. The lowest BCUT2D eigenvalue weighted by atomic mass is 9.69. The number of rotatable bonds is 6. The fraction of sp³-hybridized carbons (Fsp3) is 0.256. The van der Waals surface area contributed by atoms with Crippen LogP contribution in [0.5, 0.6) is 0 Å². The van der Waals surface area contributed by atoms with Gasteiger partial charge in [-0.05, 0) is 83.5 Å². The quantitative estimate of drug-likeness (QED) is 0.178. The monoisotopic (exact) mass is 616 g/mol. The van der Waals surface area contributed by atoms with Crippen molar-refractivity contribution in [3.63, 3.8) is 0 Å². The maximum atomic E-state index is 14.1. The molecular weight excluding hydrogens is 580 g/mol. The average molecular weight is 617 g/mol. The Labute approximate surface area is 269 Å². The van der Waals surface area contributed by atoms with Crippen molar-refractivity contribution in [1.82, 2.24) is 4.98 Å². The van der Waals surface area contributed by atoms with Crippen molar-refractivity contribution in [2.24, 2.45) is 11.3 Å². The van der Waals surface area contributed by atoms with E-state index in [9.17, 15) is 9.59 Å². The Balaban J connectivity index is 1.38. The van der Waals surface area contributed by atoms with Crippen LogP contribution in [0.3, 0.4) is 0 Å². The van der Waals surface area contributed by atoms with E-state index < -0.39 is 5.97 Å². The number of nitrogens with zero attached hydrogens (tertiary/aromatic N) is 2. The molecular formula is C39H37ClN2O3. The van der Waals surface area contributed by atoms with Crippen LogP contribution in [0.4, 0.5) is 5.69 Å². The molecule has 0 saturated carbocycles. The zero-order chi connectivity index (χ0) is 31.7. The van der Waals surface area contributed by atoms with Crippen LogP contribution in [0.15, 0.2) is 91.0 Å². The van der Waals surface area contributed by atoms with Crippen molar-refractivity contribution in [1.29, 1.82) is 0 Å². The van der Waals surface area contributed by atoms with Crippen LogP contribution in [0.2, 0.25) is 5.02 Å². The average Bonchev–Trinajstić information content (AvgIpc) is 3.03. The van der Waals surface area contributed by atoms with Gasteiger partial charge in [0.25, 0.3) is 5.91 Å². The van der Waals surface area contributed by atoms with Crippen molar-refractivity contribution in [3.8, 4) is 0 Å². The van der Waals surface area contributed by atoms with Crippen LogP contribution in [0.25, 0.3) is 33.3 Å². The Morgan fingerprint density at radius 2 is 1.60 bits per heavy atom. The number of carbonyl (C=O) groups excluding carboxylic acids is 2. The Hall–Kier alpha value is -4.48. The van der Waals surface area contributed by atoms with Crippen LogP contribution in [-0.4, -0.2) is 30.0 Å². The molecule has 0 bridgehead atoms. The van der Waals surface area contributed by atoms with Crippen LogP contribution >= 0.6 is 11.6 Å². The van der Waals surface area contributed by atoms with Gasteiger partial charge in [-0.25, -0.2) is 9.78 Å². The molecule has 5 nitrogen and oxygen atoms in total. The molecule has 6 rings (SSSR count). The van der Waals surface area contributed by atoms with Crippen molar-refractivity contribution in [2.45, 2.75) is 40.5 Å². The second kappa shape index (κ2) is 12.5. The van der Waals surface area contributed by atoms with E-state index in [2.05, 4.69) is 26.8 Å². The van der Waals surface area contributed by atoms with Gasteiger partial charge in [-0.2, -0.15) is 0 Å². The predicted molar refractivity (Wildman–Crippen MR) is 185 cm³/mol. The Morgan fingerprint density at radius 3 is 2.33 bits per heavy atom. The molecule has 0 spiro atoms. The number of para-hydroxylation sites is 1. The minimum absolute atomic E-state index is 0.0142. The zero-order valence-electron chi connectivity index (χ0n) is 26.1. The van der Waals surface area contributed by atoms with Gasteiger partial charge < -0.3 is 9.64 Å². The first-order valence-corrected chi connectivity index (χ1v) is 15.8. The topological polar surface area (TPSA) is 59.5 Å². The number of esters is 1. The lowest BCUT2D eigenvalue weighted by Crippen LogP contribution is -2.35. The largest absolute Gasteiger partial charge is 0.452 e. The van der Waals surface area contributed by atoms with Gasteiger partial charge in [0.15, 0.2) is 6.61 Å². The Kier molecular flexibility index (Phi) is 8.48. The van der Waals surface area contributed by atoms with Gasteiger partial charge in [0.05, 0.1) is 22.5 Å². The minimum Gasteiger partial charge on any atom is -0.452 e. The number of benzene rings is 4. The minimum atomic E-state index is -0.507. The predicted octanol–water partition coefficient (Wildman–Crippen LogP) is 9.40. The summed E-state index contributed by atoms with van der Waals surface area (Å²) >= 11 is 6.17. The Morgan fingerprint density at radius 1 is 0.911 bits per heavy atom. The molecule has 1 atom stereocenters. The highest BCUT2D eigenvalue weighted by molar-refractivity contribution is 6.30. The maximum absolute atomic E-state index is 14.1. The molecule has 0 fully saturated rings. The molecule has 5 aromatic rings. The van der Waals surface area contributed by atoms with E-state index in [0.29, 0.717) is 23.6 Å². The molecule has 1 heterocycles. The molecule has 0 aliphatic heterocycles. The number of aromatic nitrogens is 1. The summed E-state index contributed by atoms with van der Waals surface area (Å²) in [6.07, 6.45) is 3.66. The third kappa shape index (κ3) is 6.23. The molecule has 0 N–H and O–H groups in total. The summed E-state index contributed by atoms with van der Waals surface area (Å²) in [4.78, 5) is 34.5. The first-order valence-electron chi connectivity index (χ1n) is 15.5. The van der Waals surface area contributed by atoms with E-state index in [1.807, 2.05) is 97.9 Å². The van der Waals surface area contributed by atoms with Crippen molar-refractivity contribution >= 4 is 62.5 Å². The van der Waals surface area contributed by atoms with Crippen molar-refractivity contribution < 1.29 is 14.3 Å². The summed E-state index contributed by atoms with van der Waals surface area (Å²) < 4.78 is 5.88. The highest BCUT2D eigenvalue weighted by Crippen LogP contribution is 2.45. The van der Waals surface area contributed by atoms with Gasteiger partial charge in [0, 0.05) is 22.3 Å². The Bertz CT molecular complexity index is 1930. The van der Waals surface area contributed by atoms with Crippen LogP contribution < -0.4 is 4.90 Å².